The van der Waals surface area contributed by atoms with Crippen molar-refractivity contribution in [2.45, 2.75) is 18.3 Å². The Morgan fingerprint density at radius 3 is 2.80 bits per heavy atom. The minimum atomic E-state index is -1.62. The third kappa shape index (κ3) is 4.37. The SMILES string of the molecule is CC(=O)OCC1=C(OC(=O)O)N2C(=O)C(NC(=O)C(=CCl)c3csc(N)n3)[C@@H]2SC1. The van der Waals surface area contributed by atoms with E-state index < -0.39 is 35.4 Å². The number of halogens is 1. The fourth-order valence-electron chi connectivity index (χ4n) is 2.75. The first-order valence-corrected chi connectivity index (χ1v) is 10.6. The van der Waals surface area contributed by atoms with Gasteiger partial charge in [-0.05, 0) is 0 Å². The Balaban J connectivity index is 1.76. The van der Waals surface area contributed by atoms with Crippen molar-refractivity contribution in [2.24, 2.45) is 0 Å². The van der Waals surface area contributed by atoms with E-state index in [0.29, 0.717) is 5.57 Å². The van der Waals surface area contributed by atoms with Gasteiger partial charge < -0.3 is 25.6 Å². The summed E-state index contributed by atoms with van der Waals surface area (Å²) in [6.45, 7) is 0.984. The third-order valence-corrected chi connectivity index (χ3v) is 6.30. The van der Waals surface area contributed by atoms with Gasteiger partial charge in [0.05, 0.1) is 11.3 Å². The number of carbonyl (C=O) groups excluding carboxylic acids is 3. The molecule has 1 saturated heterocycles. The van der Waals surface area contributed by atoms with Gasteiger partial charge in [-0.15, -0.1) is 23.1 Å². The molecule has 160 valence electrons. The van der Waals surface area contributed by atoms with E-state index >= 15 is 0 Å². The smallest absolute Gasteiger partial charge is 0.461 e. The van der Waals surface area contributed by atoms with E-state index in [-0.39, 0.29) is 34.6 Å². The number of esters is 1. The number of thiazole rings is 1. The highest BCUT2D eigenvalue weighted by atomic mass is 35.5. The number of carboxylic acid groups (broad SMARTS) is 1. The number of anilines is 1. The summed E-state index contributed by atoms with van der Waals surface area (Å²) >= 11 is 8.14. The normalized spacial score (nSPS) is 20.9. The van der Waals surface area contributed by atoms with Gasteiger partial charge in [0.2, 0.25) is 5.88 Å². The van der Waals surface area contributed by atoms with E-state index in [0.717, 1.165) is 21.8 Å². The van der Waals surface area contributed by atoms with Crippen LogP contribution in [-0.2, 0) is 23.9 Å². The molecule has 0 bridgehead atoms. The number of amides is 2. The van der Waals surface area contributed by atoms with Gasteiger partial charge >= 0.3 is 12.1 Å². The van der Waals surface area contributed by atoms with E-state index in [9.17, 15) is 19.2 Å². The standard InChI is InChI=1S/C16H15ClN4O7S2/c1-6(22)27-3-7-4-29-14-10(12(24)21(14)13(7)28-16(25)26)20-11(23)8(2-17)9-5-30-15(18)19-9/h2,5,10,14H,3-4H2,1H3,(H2,18,19)(H,20,23)(H,25,26)/t10?,14-/m0/s1. The van der Waals surface area contributed by atoms with Crippen LogP contribution < -0.4 is 11.1 Å². The van der Waals surface area contributed by atoms with E-state index in [1.165, 1.54) is 18.7 Å². The monoisotopic (exact) mass is 474 g/mol. The van der Waals surface area contributed by atoms with Gasteiger partial charge in [0.15, 0.2) is 5.13 Å². The number of thioether (sulfide) groups is 1. The van der Waals surface area contributed by atoms with Crippen molar-refractivity contribution >= 4 is 69.3 Å². The second kappa shape index (κ2) is 8.93. The molecule has 1 fully saturated rings. The first-order chi connectivity index (χ1) is 14.2. The fourth-order valence-corrected chi connectivity index (χ4v) is 4.83. The maximum atomic E-state index is 12.7. The predicted octanol–water partition coefficient (Wildman–Crippen LogP) is 1.17. The zero-order valence-corrected chi connectivity index (χ0v) is 17.7. The highest BCUT2D eigenvalue weighted by molar-refractivity contribution is 8.00. The molecule has 2 atom stereocenters. The molecule has 3 heterocycles. The van der Waals surface area contributed by atoms with Gasteiger partial charge in [-0.2, -0.15) is 0 Å². The minimum Gasteiger partial charge on any atom is -0.461 e. The van der Waals surface area contributed by atoms with Crippen LogP contribution in [-0.4, -0.2) is 62.7 Å². The molecule has 4 N–H and O–H groups in total. The van der Waals surface area contributed by atoms with Crippen molar-refractivity contribution in [3.63, 3.8) is 0 Å². The van der Waals surface area contributed by atoms with Crippen LogP contribution >= 0.6 is 34.7 Å². The summed E-state index contributed by atoms with van der Waals surface area (Å²) < 4.78 is 9.66. The summed E-state index contributed by atoms with van der Waals surface area (Å²) in [6.07, 6.45) is -1.62. The molecule has 14 heteroatoms. The van der Waals surface area contributed by atoms with Crippen molar-refractivity contribution < 1.29 is 33.8 Å². The molecule has 30 heavy (non-hydrogen) atoms. The number of ether oxygens (including phenoxy) is 2. The van der Waals surface area contributed by atoms with E-state index in [1.807, 2.05) is 0 Å². The van der Waals surface area contributed by atoms with Crippen LogP contribution in [0.25, 0.3) is 5.57 Å². The Morgan fingerprint density at radius 2 is 2.23 bits per heavy atom. The number of fused-ring (bicyclic) bond motifs is 1. The van der Waals surface area contributed by atoms with Crippen LogP contribution in [0.5, 0.6) is 0 Å². The molecule has 2 amide bonds. The van der Waals surface area contributed by atoms with Crippen LogP contribution in [0, 0.1) is 0 Å². The topological polar surface area (TPSA) is 161 Å². The van der Waals surface area contributed by atoms with Gasteiger partial charge in [0.25, 0.3) is 11.8 Å². The lowest BCUT2D eigenvalue weighted by Gasteiger charge is -2.49. The Morgan fingerprint density at radius 1 is 1.50 bits per heavy atom. The molecule has 0 aliphatic carbocycles. The Hall–Kier alpha value is -2.77. The second-order valence-electron chi connectivity index (χ2n) is 6.01. The maximum Gasteiger partial charge on any atom is 0.512 e. The molecule has 11 nitrogen and oxygen atoms in total. The lowest BCUT2D eigenvalue weighted by atomic mass is 10.1. The molecule has 0 radical (unpaired) electrons. The van der Waals surface area contributed by atoms with Gasteiger partial charge in [-0.25, -0.2) is 9.78 Å². The highest BCUT2D eigenvalue weighted by Gasteiger charge is 2.54. The molecule has 0 aromatic carbocycles. The molecular weight excluding hydrogens is 460 g/mol. The predicted molar refractivity (Wildman–Crippen MR) is 108 cm³/mol. The molecule has 1 aromatic heterocycles. The molecule has 0 spiro atoms. The minimum absolute atomic E-state index is 0.0322. The van der Waals surface area contributed by atoms with Gasteiger partial charge in [0.1, 0.15) is 18.0 Å². The van der Waals surface area contributed by atoms with Crippen molar-refractivity contribution in [3.05, 3.63) is 28.1 Å². The maximum absolute atomic E-state index is 12.7. The largest absolute Gasteiger partial charge is 0.512 e. The number of nitrogens with one attached hydrogen (secondary N) is 1. The lowest BCUT2D eigenvalue weighted by Crippen LogP contribution is -2.70. The average Bonchev–Trinajstić information content (AvgIpc) is 3.10. The molecule has 0 saturated carbocycles. The van der Waals surface area contributed by atoms with Gasteiger partial charge in [0, 0.05) is 29.2 Å². The summed E-state index contributed by atoms with van der Waals surface area (Å²) in [7, 11) is 0. The second-order valence-corrected chi connectivity index (χ2v) is 8.22. The van der Waals surface area contributed by atoms with Crippen molar-refractivity contribution in [1.29, 1.82) is 0 Å². The molecule has 2 aliphatic heterocycles. The summed E-state index contributed by atoms with van der Waals surface area (Å²) in [5.74, 6) is -1.76. The number of hydrogen-bond donors (Lipinski definition) is 3. The number of nitrogens with two attached hydrogens (primary N) is 1. The number of carbonyl (C=O) groups is 4. The number of nitrogens with zero attached hydrogens (tertiary/aromatic N) is 2. The quantitative estimate of drug-likeness (QED) is 0.310. The lowest BCUT2D eigenvalue weighted by molar-refractivity contribution is -0.148. The van der Waals surface area contributed by atoms with E-state index in [2.05, 4.69) is 10.3 Å². The number of aromatic nitrogens is 1. The number of rotatable bonds is 6. The van der Waals surface area contributed by atoms with Crippen molar-refractivity contribution in [1.82, 2.24) is 15.2 Å². The van der Waals surface area contributed by atoms with E-state index in [1.54, 1.807) is 5.38 Å². The summed E-state index contributed by atoms with van der Waals surface area (Å²) in [5.41, 5.74) is 7.23. The molecular formula is C16H15ClN4O7S2. The molecule has 2 aliphatic rings. The zero-order chi connectivity index (χ0) is 22.0. The van der Waals surface area contributed by atoms with Crippen LogP contribution in [0.1, 0.15) is 12.6 Å². The summed E-state index contributed by atoms with van der Waals surface area (Å²) in [4.78, 5) is 52.5. The van der Waals surface area contributed by atoms with Crippen LogP contribution in [0.15, 0.2) is 22.4 Å². The van der Waals surface area contributed by atoms with Gasteiger partial charge in [-0.1, -0.05) is 11.6 Å². The summed E-state index contributed by atoms with van der Waals surface area (Å²) in [5, 5.41) is 12.8. The molecule has 3 rings (SSSR count). The highest BCUT2D eigenvalue weighted by Crippen LogP contribution is 2.41. The number of β-lactam (4-membered cyclic amide) rings is 1. The molecule has 1 aromatic rings. The molecule has 1 unspecified atom stereocenters. The fraction of sp³-hybridized carbons (Fsp3) is 0.312. The van der Waals surface area contributed by atoms with Crippen molar-refractivity contribution in [3.8, 4) is 0 Å². The average molecular weight is 475 g/mol. The Labute approximate surface area is 182 Å². The number of hydrogen-bond acceptors (Lipinski definition) is 10. The summed E-state index contributed by atoms with van der Waals surface area (Å²) in [6, 6.07) is -0.937. The first kappa shape index (κ1) is 21.9. The Bertz CT molecular complexity index is 977. The van der Waals surface area contributed by atoms with Crippen LogP contribution in [0.4, 0.5) is 9.93 Å². The number of nitrogen functional groups attached to an aromatic ring is 1. The van der Waals surface area contributed by atoms with E-state index in [4.69, 9.17) is 31.9 Å². The van der Waals surface area contributed by atoms with Crippen LogP contribution in [0.3, 0.4) is 0 Å². The third-order valence-electron chi connectivity index (χ3n) is 4.06. The first-order valence-electron chi connectivity index (χ1n) is 8.26. The van der Waals surface area contributed by atoms with Crippen LogP contribution in [0.2, 0.25) is 0 Å². The zero-order valence-electron chi connectivity index (χ0n) is 15.3. The van der Waals surface area contributed by atoms with Gasteiger partial charge in [-0.3, -0.25) is 19.3 Å². The Kier molecular flexibility index (Phi) is 6.53. The van der Waals surface area contributed by atoms with Crippen molar-refractivity contribution in [2.75, 3.05) is 18.1 Å².